The number of nitrogens with one attached hydrogen (secondary N) is 1. The van der Waals surface area contributed by atoms with Crippen molar-refractivity contribution in [2.75, 3.05) is 23.8 Å². The normalized spacial score (nSPS) is 14.8. The van der Waals surface area contributed by atoms with E-state index in [0.29, 0.717) is 13.0 Å². The van der Waals surface area contributed by atoms with E-state index in [1.54, 1.807) is 11.9 Å². The Kier molecular flexibility index (Phi) is 3.85. The SMILES string of the molecule is CCC(CN)C(=O)N(C)c1ccc2c(c1)CC(=O)N2. The summed E-state index contributed by atoms with van der Waals surface area (Å²) in [6.45, 7) is 2.30. The number of rotatable bonds is 4. The summed E-state index contributed by atoms with van der Waals surface area (Å²) >= 11 is 0. The number of anilines is 2. The van der Waals surface area contributed by atoms with Gasteiger partial charge in [-0.1, -0.05) is 6.92 Å². The molecule has 1 unspecified atom stereocenters. The van der Waals surface area contributed by atoms with Crippen LogP contribution in [0.3, 0.4) is 0 Å². The number of hydrogen-bond donors (Lipinski definition) is 2. The minimum absolute atomic E-state index is 0.00507. The van der Waals surface area contributed by atoms with Crippen molar-refractivity contribution in [2.45, 2.75) is 19.8 Å². The molecule has 0 saturated heterocycles. The number of amides is 2. The number of benzene rings is 1. The van der Waals surface area contributed by atoms with Gasteiger partial charge in [0.15, 0.2) is 0 Å². The summed E-state index contributed by atoms with van der Waals surface area (Å²) in [6.07, 6.45) is 1.10. The Hall–Kier alpha value is -1.88. The molecule has 1 aromatic rings. The predicted octanol–water partition coefficient (Wildman–Crippen LogP) is 1.13. The molecule has 5 nitrogen and oxygen atoms in total. The molecule has 0 saturated carbocycles. The Labute approximate surface area is 112 Å². The first-order valence-corrected chi connectivity index (χ1v) is 6.47. The number of fused-ring (bicyclic) bond motifs is 1. The molecule has 1 aliphatic rings. The molecule has 0 aliphatic carbocycles. The molecule has 102 valence electrons. The number of carbonyl (C=O) groups is 2. The quantitative estimate of drug-likeness (QED) is 0.853. The van der Waals surface area contributed by atoms with Gasteiger partial charge in [-0.3, -0.25) is 9.59 Å². The third-order valence-corrected chi connectivity index (χ3v) is 3.56. The predicted molar refractivity (Wildman–Crippen MR) is 75.0 cm³/mol. The molecule has 2 amide bonds. The molecule has 0 radical (unpaired) electrons. The van der Waals surface area contributed by atoms with Gasteiger partial charge in [-0.05, 0) is 30.2 Å². The van der Waals surface area contributed by atoms with Gasteiger partial charge in [0.1, 0.15) is 0 Å². The van der Waals surface area contributed by atoms with Gasteiger partial charge in [0, 0.05) is 25.0 Å². The Bertz CT molecular complexity index is 509. The van der Waals surface area contributed by atoms with Crippen molar-refractivity contribution in [2.24, 2.45) is 11.7 Å². The van der Waals surface area contributed by atoms with Crippen LogP contribution in [0.5, 0.6) is 0 Å². The lowest BCUT2D eigenvalue weighted by Gasteiger charge is -2.22. The van der Waals surface area contributed by atoms with Crippen LogP contribution in [0.25, 0.3) is 0 Å². The van der Waals surface area contributed by atoms with E-state index in [-0.39, 0.29) is 17.7 Å². The van der Waals surface area contributed by atoms with Gasteiger partial charge in [-0.15, -0.1) is 0 Å². The van der Waals surface area contributed by atoms with Gasteiger partial charge in [-0.2, -0.15) is 0 Å². The largest absolute Gasteiger partial charge is 0.330 e. The monoisotopic (exact) mass is 261 g/mol. The standard InChI is InChI=1S/C14H19N3O2/c1-3-9(8-15)14(19)17(2)11-4-5-12-10(6-11)7-13(18)16-12/h4-6,9H,3,7-8,15H2,1-2H3,(H,16,18). The molecule has 5 heteroatoms. The van der Waals surface area contributed by atoms with Crippen molar-refractivity contribution in [3.63, 3.8) is 0 Å². The van der Waals surface area contributed by atoms with Gasteiger partial charge in [0.2, 0.25) is 11.8 Å². The highest BCUT2D eigenvalue weighted by Gasteiger charge is 2.22. The molecule has 1 aromatic carbocycles. The van der Waals surface area contributed by atoms with E-state index in [9.17, 15) is 9.59 Å². The van der Waals surface area contributed by atoms with Gasteiger partial charge in [-0.25, -0.2) is 0 Å². The maximum atomic E-state index is 12.2. The van der Waals surface area contributed by atoms with Crippen molar-refractivity contribution < 1.29 is 9.59 Å². The van der Waals surface area contributed by atoms with E-state index in [1.807, 2.05) is 25.1 Å². The van der Waals surface area contributed by atoms with E-state index in [2.05, 4.69) is 5.32 Å². The average molecular weight is 261 g/mol. The highest BCUT2D eigenvalue weighted by Crippen LogP contribution is 2.28. The molecular formula is C14H19N3O2. The highest BCUT2D eigenvalue weighted by atomic mass is 16.2. The van der Waals surface area contributed by atoms with Crippen molar-refractivity contribution in [3.05, 3.63) is 23.8 Å². The second kappa shape index (κ2) is 5.40. The second-order valence-corrected chi connectivity index (χ2v) is 4.80. The van der Waals surface area contributed by atoms with Gasteiger partial charge < -0.3 is 16.0 Å². The fourth-order valence-electron chi connectivity index (χ4n) is 2.27. The van der Waals surface area contributed by atoms with E-state index >= 15 is 0 Å². The first-order chi connectivity index (χ1) is 9.06. The molecule has 0 aromatic heterocycles. The van der Waals surface area contributed by atoms with Crippen LogP contribution >= 0.6 is 0 Å². The zero-order valence-corrected chi connectivity index (χ0v) is 11.3. The number of nitrogens with two attached hydrogens (primary N) is 1. The lowest BCUT2D eigenvalue weighted by molar-refractivity contribution is -0.121. The Balaban J connectivity index is 2.21. The van der Waals surface area contributed by atoms with Crippen LogP contribution in [0, 0.1) is 5.92 Å². The number of carbonyl (C=O) groups excluding carboxylic acids is 2. The van der Waals surface area contributed by atoms with Crippen LogP contribution in [-0.2, 0) is 16.0 Å². The number of hydrogen-bond acceptors (Lipinski definition) is 3. The summed E-state index contributed by atoms with van der Waals surface area (Å²) in [5.74, 6) is -0.144. The molecule has 0 bridgehead atoms. The zero-order valence-electron chi connectivity index (χ0n) is 11.3. The van der Waals surface area contributed by atoms with Crippen molar-refractivity contribution in [3.8, 4) is 0 Å². The van der Waals surface area contributed by atoms with Crippen LogP contribution < -0.4 is 16.0 Å². The van der Waals surface area contributed by atoms with E-state index < -0.39 is 0 Å². The summed E-state index contributed by atoms with van der Waals surface area (Å²) in [5, 5.41) is 2.78. The van der Waals surface area contributed by atoms with E-state index in [4.69, 9.17) is 5.73 Å². The Morgan fingerprint density at radius 3 is 2.89 bits per heavy atom. The maximum Gasteiger partial charge on any atom is 0.231 e. The number of nitrogens with zero attached hydrogens (tertiary/aromatic N) is 1. The van der Waals surface area contributed by atoms with Gasteiger partial charge >= 0.3 is 0 Å². The minimum Gasteiger partial charge on any atom is -0.330 e. The lowest BCUT2D eigenvalue weighted by atomic mass is 10.0. The van der Waals surface area contributed by atoms with Crippen LogP contribution in [0.4, 0.5) is 11.4 Å². The molecule has 0 fully saturated rings. The summed E-state index contributed by atoms with van der Waals surface area (Å²) in [4.78, 5) is 25.2. The highest BCUT2D eigenvalue weighted by molar-refractivity contribution is 6.01. The molecule has 1 aliphatic heterocycles. The third kappa shape index (κ3) is 2.61. The first-order valence-electron chi connectivity index (χ1n) is 6.47. The molecule has 1 heterocycles. The molecular weight excluding hydrogens is 242 g/mol. The topological polar surface area (TPSA) is 75.4 Å². The lowest BCUT2D eigenvalue weighted by Crippen LogP contribution is -2.36. The van der Waals surface area contributed by atoms with E-state index in [1.165, 1.54) is 0 Å². The molecule has 2 rings (SSSR count). The molecule has 1 atom stereocenters. The fraction of sp³-hybridized carbons (Fsp3) is 0.429. The van der Waals surface area contributed by atoms with Crippen molar-refractivity contribution in [1.82, 2.24) is 0 Å². The average Bonchev–Trinajstić information content (AvgIpc) is 2.78. The van der Waals surface area contributed by atoms with Crippen LogP contribution in [0.2, 0.25) is 0 Å². The van der Waals surface area contributed by atoms with Crippen LogP contribution in [0.1, 0.15) is 18.9 Å². The van der Waals surface area contributed by atoms with E-state index in [0.717, 1.165) is 23.4 Å². The molecule has 0 spiro atoms. The first kappa shape index (κ1) is 13.5. The Morgan fingerprint density at radius 2 is 2.26 bits per heavy atom. The van der Waals surface area contributed by atoms with Crippen LogP contribution in [0.15, 0.2) is 18.2 Å². The summed E-state index contributed by atoms with van der Waals surface area (Å²) < 4.78 is 0. The molecule has 19 heavy (non-hydrogen) atoms. The smallest absolute Gasteiger partial charge is 0.231 e. The second-order valence-electron chi connectivity index (χ2n) is 4.80. The zero-order chi connectivity index (χ0) is 14.0. The summed E-state index contributed by atoms with van der Waals surface area (Å²) in [5.41, 5.74) is 8.17. The molecule has 3 N–H and O–H groups in total. The Morgan fingerprint density at radius 1 is 1.53 bits per heavy atom. The third-order valence-electron chi connectivity index (χ3n) is 3.56. The fourth-order valence-corrected chi connectivity index (χ4v) is 2.27. The summed E-state index contributed by atoms with van der Waals surface area (Å²) in [6, 6.07) is 5.56. The van der Waals surface area contributed by atoms with Crippen molar-refractivity contribution >= 4 is 23.2 Å². The van der Waals surface area contributed by atoms with Gasteiger partial charge in [0.25, 0.3) is 0 Å². The maximum absolute atomic E-state index is 12.2. The van der Waals surface area contributed by atoms with Crippen LogP contribution in [-0.4, -0.2) is 25.4 Å². The van der Waals surface area contributed by atoms with Gasteiger partial charge in [0.05, 0.1) is 12.3 Å². The summed E-state index contributed by atoms with van der Waals surface area (Å²) in [7, 11) is 1.74. The van der Waals surface area contributed by atoms with Crippen molar-refractivity contribution in [1.29, 1.82) is 0 Å². The minimum atomic E-state index is -0.155.